The lowest BCUT2D eigenvalue weighted by Crippen LogP contribution is -1.78. The first-order valence-electron chi connectivity index (χ1n) is 3.31. The molecule has 0 atom stereocenters. The van der Waals surface area contributed by atoms with E-state index in [1.165, 1.54) is 6.07 Å². The van der Waals surface area contributed by atoms with Gasteiger partial charge < -0.3 is 0 Å². The molecule has 0 unspecified atom stereocenters. The van der Waals surface area contributed by atoms with Crippen molar-refractivity contribution in [3.05, 3.63) is 41.7 Å². The van der Waals surface area contributed by atoms with Gasteiger partial charge >= 0.3 is 0 Å². The molecule has 0 N–H and O–H groups in total. The molecular weight excluding hydrogens is 207 g/mol. The molecule has 2 heteroatoms. The van der Waals surface area contributed by atoms with Gasteiger partial charge in [-0.15, -0.1) is 0 Å². The Morgan fingerprint density at radius 1 is 1.36 bits per heavy atom. The van der Waals surface area contributed by atoms with Crippen molar-refractivity contribution in [2.75, 3.05) is 5.33 Å². The van der Waals surface area contributed by atoms with Gasteiger partial charge in [0.05, 0.1) is 0 Å². The largest absolute Gasteiger partial charge is 0.206 e. The minimum Gasteiger partial charge on any atom is -0.206 e. The Morgan fingerprint density at radius 2 is 2.09 bits per heavy atom. The van der Waals surface area contributed by atoms with Gasteiger partial charge in [-0.1, -0.05) is 46.3 Å². The molecule has 0 fully saturated rings. The molecule has 0 nitrogen and oxygen atoms in total. The van der Waals surface area contributed by atoms with Gasteiger partial charge in [0, 0.05) is 10.9 Å². The van der Waals surface area contributed by atoms with Gasteiger partial charge in [0.1, 0.15) is 5.82 Å². The van der Waals surface area contributed by atoms with Crippen molar-refractivity contribution in [1.82, 2.24) is 0 Å². The Morgan fingerprint density at radius 3 is 2.73 bits per heavy atom. The zero-order valence-electron chi connectivity index (χ0n) is 5.93. The fourth-order valence-electron chi connectivity index (χ4n) is 0.782. The zero-order valence-corrected chi connectivity index (χ0v) is 7.51. The number of alkyl halides is 1. The average Bonchev–Trinajstić information content (AvgIpc) is 2.03. The summed E-state index contributed by atoms with van der Waals surface area (Å²) < 4.78 is 12.8. The van der Waals surface area contributed by atoms with E-state index in [-0.39, 0.29) is 5.82 Å². The second-order valence-electron chi connectivity index (χ2n) is 2.08. The number of halogens is 2. The standard InChI is InChI=1S/C9H8BrF/c10-7-3-5-8-4-1-2-6-9(8)11/h1-6H,7H2. The lowest BCUT2D eigenvalue weighted by Gasteiger charge is -1.93. The molecule has 0 aliphatic carbocycles. The van der Waals surface area contributed by atoms with E-state index in [1.54, 1.807) is 18.2 Å². The molecule has 1 rings (SSSR count). The van der Waals surface area contributed by atoms with Crippen LogP contribution in [0.1, 0.15) is 5.56 Å². The predicted octanol–water partition coefficient (Wildman–Crippen LogP) is 3.23. The summed E-state index contributed by atoms with van der Waals surface area (Å²) in [6.07, 6.45) is 3.61. The third-order valence-corrected chi connectivity index (χ3v) is 1.67. The summed E-state index contributed by atoms with van der Waals surface area (Å²) in [5, 5.41) is 0.751. The average molecular weight is 215 g/mol. The molecule has 0 heterocycles. The summed E-state index contributed by atoms with van der Waals surface area (Å²) in [5.41, 5.74) is 0.631. The van der Waals surface area contributed by atoms with Crippen molar-refractivity contribution < 1.29 is 4.39 Å². The number of benzene rings is 1. The van der Waals surface area contributed by atoms with Crippen molar-refractivity contribution in [2.24, 2.45) is 0 Å². The third-order valence-electron chi connectivity index (χ3n) is 1.29. The van der Waals surface area contributed by atoms with Crippen LogP contribution in [-0.4, -0.2) is 5.33 Å². The summed E-state index contributed by atoms with van der Waals surface area (Å²) in [4.78, 5) is 0. The smallest absolute Gasteiger partial charge is 0.130 e. The Kier molecular flexibility index (Phi) is 3.30. The topological polar surface area (TPSA) is 0 Å². The Labute approximate surface area is 73.9 Å². The Balaban J connectivity index is 2.86. The second-order valence-corrected chi connectivity index (χ2v) is 2.73. The molecular formula is C9H8BrF. The first kappa shape index (κ1) is 8.47. The molecule has 0 saturated carbocycles. The molecule has 11 heavy (non-hydrogen) atoms. The van der Waals surface area contributed by atoms with Crippen LogP contribution >= 0.6 is 15.9 Å². The van der Waals surface area contributed by atoms with Crippen LogP contribution in [0.15, 0.2) is 30.3 Å². The Hall–Kier alpha value is -0.630. The maximum Gasteiger partial charge on any atom is 0.130 e. The number of hydrogen-bond acceptors (Lipinski definition) is 0. The van der Waals surface area contributed by atoms with E-state index in [1.807, 2.05) is 12.1 Å². The molecule has 0 saturated heterocycles. The van der Waals surface area contributed by atoms with Gasteiger partial charge in [0.2, 0.25) is 0 Å². The summed E-state index contributed by atoms with van der Waals surface area (Å²) in [6.45, 7) is 0. The fraction of sp³-hybridized carbons (Fsp3) is 0.111. The van der Waals surface area contributed by atoms with Gasteiger partial charge in [-0.05, 0) is 6.07 Å². The number of hydrogen-bond donors (Lipinski definition) is 0. The van der Waals surface area contributed by atoms with E-state index >= 15 is 0 Å². The van der Waals surface area contributed by atoms with Crippen molar-refractivity contribution >= 4 is 22.0 Å². The molecule has 0 bridgehead atoms. The van der Waals surface area contributed by atoms with E-state index in [0.29, 0.717) is 5.56 Å². The van der Waals surface area contributed by atoms with Gasteiger partial charge in [-0.2, -0.15) is 0 Å². The zero-order chi connectivity index (χ0) is 8.10. The molecule has 58 valence electrons. The second kappa shape index (κ2) is 4.29. The fourth-order valence-corrected chi connectivity index (χ4v) is 0.969. The lowest BCUT2D eigenvalue weighted by molar-refractivity contribution is 0.625. The van der Waals surface area contributed by atoms with Crippen LogP contribution in [0.25, 0.3) is 6.08 Å². The van der Waals surface area contributed by atoms with Crippen LogP contribution in [0, 0.1) is 5.82 Å². The normalized spacial score (nSPS) is 10.7. The maximum absolute atomic E-state index is 12.8. The van der Waals surface area contributed by atoms with E-state index in [2.05, 4.69) is 15.9 Å². The minimum absolute atomic E-state index is 0.176. The summed E-state index contributed by atoms with van der Waals surface area (Å²) in [5.74, 6) is -0.176. The molecule has 0 spiro atoms. The van der Waals surface area contributed by atoms with Crippen LogP contribution in [0.3, 0.4) is 0 Å². The van der Waals surface area contributed by atoms with Crippen molar-refractivity contribution in [3.63, 3.8) is 0 Å². The van der Waals surface area contributed by atoms with E-state index < -0.39 is 0 Å². The van der Waals surface area contributed by atoms with Gasteiger partial charge in [0.15, 0.2) is 0 Å². The van der Waals surface area contributed by atoms with Gasteiger partial charge in [-0.25, -0.2) is 4.39 Å². The number of rotatable bonds is 2. The molecule has 0 aliphatic heterocycles. The van der Waals surface area contributed by atoms with Crippen LogP contribution < -0.4 is 0 Å². The summed E-state index contributed by atoms with van der Waals surface area (Å²) >= 11 is 3.22. The highest BCUT2D eigenvalue weighted by Crippen LogP contribution is 2.07. The molecule has 0 aliphatic rings. The quantitative estimate of drug-likeness (QED) is 0.664. The van der Waals surface area contributed by atoms with Gasteiger partial charge in [0.25, 0.3) is 0 Å². The van der Waals surface area contributed by atoms with Crippen molar-refractivity contribution in [3.8, 4) is 0 Å². The summed E-state index contributed by atoms with van der Waals surface area (Å²) in [7, 11) is 0. The van der Waals surface area contributed by atoms with E-state index in [0.717, 1.165) is 5.33 Å². The first-order valence-corrected chi connectivity index (χ1v) is 4.44. The maximum atomic E-state index is 12.8. The minimum atomic E-state index is -0.176. The van der Waals surface area contributed by atoms with Crippen LogP contribution in [0.5, 0.6) is 0 Å². The van der Waals surface area contributed by atoms with Crippen LogP contribution in [-0.2, 0) is 0 Å². The molecule has 1 aromatic carbocycles. The molecule has 0 amide bonds. The van der Waals surface area contributed by atoms with Crippen molar-refractivity contribution in [2.45, 2.75) is 0 Å². The van der Waals surface area contributed by atoms with Crippen molar-refractivity contribution in [1.29, 1.82) is 0 Å². The lowest BCUT2D eigenvalue weighted by atomic mass is 10.2. The third kappa shape index (κ3) is 2.46. The predicted molar refractivity (Wildman–Crippen MR) is 49.2 cm³/mol. The highest BCUT2D eigenvalue weighted by molar-refractivity contribution is 9.09. The van der Waals surface area contributed by atoms with Crippen LogP contribution in [0.4, 0.5) is 4.39 Å². The monoisotopic (exact) mass is 214 g/mol. The van der Waals surface area contributed by atoms with Gasteiger partial charge in [-0.3, -0.25) is 0 Å². The molecule has 0 aromatic heterocycles. The van der Waals surface area contributed by atoms with Crippen LogP contribution in [0.2, 0.25) is 0 Å². The summed E-state index contributed by atoms with van der Waals surface area (Å²) in [6, 6.07) is 6.69. The van der Waals surface area contributed by atoms with E-state index in [4.69, 9.17) is 0 Å². The SMILES string of the molecule is Fc1ccccc1C=CCBr. The first-order chi connectivity index (χ1) is 5.34. The molecule has 0 radical (unpaired) electrons. The Bertz CT molecular complexity index is 255. The number of allylic oxidation sites excluding steroid dienone is 1. The van der Waals surface area contributed by atoms with E-state index in [9.17, 15) is 4.39 Å². The molecule has 1 aromatic rings. The highest BCUT2D eigenvalue weighted by Gasteiger charge is 1.92. The highest BCUT2D eigenvalue weighted by atomic mass is 79.9.